The van der Waals surface area contributed by atoms with Gasteiger partial charge < -0.3 is 60.2 Å². The molecule has 0 aromatic heterocycles. The van der Waals surface area contributed by atoms with Gasteiger partial charge in [-0.2, -0.15) is 0 Å². The van der Waals surface area contributed by atoms with Crippen molar-refractivity contribution in [3.8, 4) is 34.5 Å². The largest absolute Gasteiger partial charge is 0.504 e. The van der Waals surface area contributed by atoms with Gasteiger partial charge in [0.1, 0.15) is 31.0 Å². The summed E-state index contributed by atoms with van der Waals surface area (Å²) in [7, 11) is 0. The fourth-order valence-electron chi connectivity index (χ4n) is 3.10. The number of benzene rings is 2. The lowest BCUT2D eigenvalue weighted by atomic mass is 9.99. The second kappa shape index (κ2) is 9.56. The highest BCUT2D eigenvalue weighted by Gasteiger charge is 2.46. The van der Waals surface area contributed by atoms with E-state index >= 15 is 0 Å². The first-order chi connectivity index (χ1) is 15.5. The lowest BCUT2D eigenvalue weighted by molar-refractivity contribution is -0.277. The standard InChI is InChI=1S/C20H22O13/c21-5-7-1-11(24)18(12(25)2-7)33-20-17(29)16(28)15(27)13(32-20)6-31-19(30)8-3-9(22)14(26)10(23)4-8/h1-4,13,15-17,20-29H,5-6H2/t13-,15-,16+,17-,20+/m1/s1. The molecular weight excluding hydrogens is 448 g/mol. The Hall–Kier alpha value is -3.49. The Morgan fingerprint density at radius 1 is 0.848 bits per heavy atom. The highest BCUT2D eigenvalue weighted by Crippen LogP contribution is 2.39. The molecule has 3 rings (SSSR count). The maximum absolute atomic E-state index is 12.2. The monoisotopic (exact) mass is 470 g/mol. The number of ether oxygens (including phenoxy) is 3. The quantitative estimate of drug-likeness (QED) is 0.178. The average Bonchev–Trinajstić information content (AvgIpc) is 2.78. The lowest BCUT2D eigenvalue weighted by Crippen LogP contribution is -2.60. The Kier molecular flexibility index (Phi) is 7.00. The minimum absolute atomic E-state index is 0.161. The molecule has 180 valence electrons. The zero-order valence-corrected chi connectivity index (χ0v) is 16.8. The first-order valence-electron chi connectivity index (χ1n) is 9.47. The smallest absolute Gasteiger partial charge is 0.338 e. The van der Waals surface area contributed by atoms with E-state index in [0.29, 0.717) is 0 Å². The number of hydrogen-bond donors (Lipinski definition) is 9. The van der Waals surface area contributed by atoms with Gasteiger partial charge in [0.25, 0.3) is 0 Å². The molecule has 0 aliphatic carbocycles. The van der Waals surface area contributed by atoms with Crippen LogP contribution in [0.3, 0.4) is 0 Å². The summed E-state index contributed by atoms with van der Waals surface area (Å²) in [5.74, 6) is -5.25. The topological polar surface area (TPSA) is 227 Å². The molecule has 9 N–H and O–H groups in total. The molecule has 0 bridgehead atoms. The van der Waals surface area contributed by atoms with E-state index in [-0.39, 0.29) is 11.1 Å². The summed E-state index contributed by atoms with van der Waals surface area (Å²) in [6.45, 7) is -1.17. The maximum Gasteiger partial charge on any atom is 0.338 e. The number of phenolic OH excluding ortho intramolecular Hbond substituents is 5. The van der Waals surface area contributed by atoms with Crippen LogP contribution in [0.15, 0.2) is 24.3 Å². The molecule has 33 heavy (non-hydrogen) atoms. The molecule has 2 aromatic carbocycles. The Balaban J connectivity index is 1.73. The van der Waals surface area contributed by atoms with E-state index in [1.807, 2.05) is 0 Å². The minimum atomic E-state index is -1.84. The molecule has 1 saturated heterocycles. The summed E-state index contributed by atoms with van der Waals surface area (Å²) < 4.78 is 15.5. The Bertz CT molecular complexity index is 977. The van der Waals surface area contributed by atoms with Crippen LogP contribution >= 0.6 is 0 Å². The van der Waals surface area contributed by atoms with E-state index in [1.54, 1.807) is 0 Å². The lowest BCUT2D eigenvalue weighted by Gasteiger charge is -2.40. The molecule has 13 heteroatoms. The molecule has 0 spiro atoms. The van der Waals surface area contributed by atoms with Crippen molar-refractivity contribution in [2.45, 2.75) is 37.3 Å². The second-order valence-corrected chi connectivity index (χ2v) is 7.22. The van der Waals surface area contributed by atoms with Crippen LogP contribution in [0.2, 0.25) is 0 Å². The highest BCUT2D eigenvalue weighted by atomic mass is 16.7. The predicted molar refractivity (Wildman–Crippen MR) is 105 cm³/mol. The first kappa shape index (κ1) is 24.2. The van der Waals surface area contributed by atoms with Crippen LogP contribution in [0.5, 0.6) is 34.5 Å². The number of aliphatic hydroxyl groups is 4. The van der Waals surface area contributed by atoms with Crippen LogP contribution in [-0.4, -0.2) is 89.2 Å². The zero-order valence-electron chi connectivity index (χ0n) is 16.8. The number of esters is 1. The molecule has 1 heterocycles. The highest BCUT2D eigenvalue weighted by molar-refractivity contribution is 5.91. The van der Waals surface area contributed by atoms with Gasteiger partial charge in [0, 0.05) is 0 Å². The van der Waals surface area contributed by atoms with Gasteiger partial charge in [-0.3, -0.25) is 0 Å². The number of aromatic hydroxyl groups is 5. The number of carbonyl (C=O) groups excluding carboxylic acids is 1. The molecule has 13 nitrogen and oxygen atoms in total. The molecule has 0 amide bonds. The second-order valence-electron chi connectivity index (χ2n) is 7.22. The van der Waals surface area contributed by atoms with Crippen LogP contribution in [0, 0.1) is 0 Å². The van der Waals surface area contributed by atoms with Crippen molar-refractivity contribution >= 4 is 5.97 Å². The number of phenols is 5. The van der Waals surface area contributed by atoms with E-state index in [4.69, 9.17) is 19.3 Å². The molecule has 0 radical (unpaired) electrons. The number of carbonyl (C=O) groups is 1. The van der Waals surface area contributed by atoms with Gasteiger partial charge in [0.05, 0.1) is 12.2 Å². The fraction of sp³-hybridized carbons (Fsp3) is 0.350. The summed E-state index contributed by atoms with van der Waals surface area (Å²) in [5.41, 5.74) is -0.186. The maximum atomic E-state index is 12.2. The number of aliphatic hydroxyl groups excluding tert-OH is 4. The summed E-state index contributed by atoms with van der Waals surface area (Å²) in [4.78, 5) is 12.2. The van der Waals surface area contributed by atoms with Crippen LogP contribution < -0.4 is 4.74 Å². The summed E-state index contributed by atoms with van der Waals surface area (Å²) >= 11 is 0. The Morgan fingerprint density at radius 3 is 1.97 bits per heavy atom. The number of rotatable bonds is 6. The van der Waals surface area contributed by atoms with E-state index in [1.165, 1.54) is 0 Å². The van der Waals surface area contributed by atoms with Crippen molar-refractivity contribution in [1.82, 2.24) is 0 Å². The zero-order chi connectivity index (χ0) is 24.4. The Morgan fingerprint density at radius 2 is 1.42 bits per heavy atom. The van der Waals surface area contributed by atoms with Crippen molar-refractivity contribution in [1.29, 1.82) is 0 Å². The average molecular weight is 470 g/mol. The van der Waals surface area contributed by atoms with Crippen molar-refractivity contribution < 1.29 is 65.0 Å². The summed E-state index contributed by atoms with van der Waals surface area (Å²) in [6.07, 6.45) is -8.60. The molecule has 1 fully saturated rings. The fourth-order valence-corrected chi connectivity index (χ4v) is 3.10. The van der Waals surface area contributed by atoms with E-state index in [0.717, 1.165) is 24.3 Å². The van der Waals surface area contributed by atoms with Crippen LogP contribution in [0.1, 0.15) is 15.9 Å². The van der Waals surface area contributed by atoms with Gasteiger partial charge in [-0.05, 0) is 29.8 Å². The van der Waals surface area contributed by atoms with Gasteiger partial charge in [-0.25, -0.2) is 4.79 Å². The van der Waals surface area contributed by atoms with Crippen molar-refractivity contribution in [3.05, 3.63) is 35.4 Å². The minimum Gasteiger partial charge on any atom is -0.504 e. The van der Waals surface area contributed by atoms with E-state index in [9.17, 15) is 45.6 Å². The first-order valence-corrected chi connectivity index (χ1v) is 9.47. The van der Waals surface area contributed by atoms with Gasteiger partial charge in [-0.15, -0.1) is 0 Å². The molecule has 1 aliphatic rings. The van der Waals surface area contributed by atoms with E-state index < -0.39 is 84.4 Å². The summed E-state index contributed by atoms with van der Waals surface area (Å²) in [6, 6.07) is 3.80. The Labute approximate surface area is 185 Å². The molecule has 5 atom stereocenters. The third-order valence-electron chi connectivity index (χ3n) is 4.88. The van der Waals surface area contributed by atoms with Gasteiger partial charge in [0.2, 0.25) is 12.0 Å². The SMILES string of the molecule is O=C(OC[C@H]1O[C@@H](Oc2c(O)cc(CO)cc2O)[C@H](O)[C@@H](O)[C@@H]1O)c1cc(O)c(O)c(O)c1. The molecule has 0 unspecified atom stereocenters. The summed E-state index contributed by atoms with van der Waals surface area (Å²) in [5, 5.41) is 87.8. The third kappa shape index (κ3) is 4.97. The van der Waals surface area contributed by atoms with Crippen molar-refractivity contribution in [2.24, 2.45) is 0 Å². The molecule has 0 saturated carbocycles. The van der Waals surface area contributed by atoms with Crippen molar-refractivity contribution in [3.63, 3.8) is 0 Å². The third-order valence-corrected chi connectivity index (χ3v) is 4.88. The molecule has 1 aliphatic heterocycles. The van der Waals surface area contributed by atoms with Crippen LogP contribution in [0.4, 0.5) is 0 Å². The molecular formula is C20H22O13. The normalized spacial score (nSPS) is 24.9. The van der Waals surface area contributed by atoms with Gasteiger partial charge in [-0.1, -0.05) is 0 Å². The van der Waals surface area contributed by atoms with Crippen molar-refractivity contribution in [2.75, 3.05) is 6.61 Å². The number of hydrogen-bond acceptors (Lipinski definition) is 13. The van der Waals surface area contributed by atoms with Crippen LogP contribution in [-0.2, 0) is 16.1 Å². The van der Waals surface area contributed by atoms with Gasteiger partial charge >= 0.3 is 5.97 Å². The van der Waals surface area contributed by atoms with Crippen LogP contribution in [0.25, 0.3) is 0 Å². The van der Waals surface area contributed by atoms with E-state index in [2.05, 4.69) is 0 Å². The predicted octanol–water partition coefficient (Wildman–Crippen LogP) is -1.25. The van der Waals surface area contributed by atoms with Gasteiger partial charge in [0.15, 0.2) is 28.7 Å². The molecule has 2 aromatic rings.